The van der Waals surface area contributed by atoms with E-state index in [1.165, 1.54) is 6.08 Å². The quantitative estimate of drug-likeness (QED) is 0.727. The van der Waals surface area contributed by atoms with Gasteiger partial charge in [0.1, 0.15) is 6.10 Å². The molecular weight excluding hydrogens is 324 g/mol. The number of ketones is 1. The third kappa shape index (κ3) is 2.37. The second kappa shape index (κ2) is 5.16. The SMILES string of the molecule is CC(C)(C)O[C@H]1C=CC(=O)[C@@H]1OC(=O)[C@]12CC[C@](C)(C(=O)O1)C2(C)C. The summed E-state index contributed by atoms with van der Waals surface area (Å²) in [6.45, 7) is 11.1. The maximum atomic E-state index is 13.0. The Balaban J connectivity index is 1.83. The smallest absolute Gasteiger partial charge is 0.352 e. The second-order valence-corrected chi connectivity index (χ2v) is 8.96. The molecule has 2 aliphatic carbocycles. The van der Waals surface area contributed by atoms with E-state index < -0.39 is 40.2 Å². The Kier molecular flexibility index (Phi) is 3.74. The molecule has 1 saturated carbocycles. The van der Waals surface area contributed by atoms with Crippen molar-refractivity contribution in [2.45, 2.75) is 77.8 Å². The average molecular weight is 350 g/mol. The summed E-state index contributed by atoms with van der Waals surface area (Å²) < 4.78 is 16.9. The standard InChI is InChI=1S/C19H26O6/c1-16(2,3)24-12-8-7-11(20)13(12)23-15(22)19-10-9-18(6,14(21)25-19)17(19,4)5/h7-8,12-13H,9-10H2,1-6H3/t12-,13-,18+,19-/m0/s1. The van der Waals surface area contributed by atoms with Gasteiger partial charge in [0, 0.05) is 5.41 Å². The van der Waals surface area contributed by atoms with Crippen LogP contribution in [0.4, 0.5) is 0 Å². The molecule has 138 valence electrons. The highest BCUT2D eigenvalue weighted by molar-refractivity contribution is 6.00. The summed E-state index contributed by atoms with van der Waals surface area (Å²) in [4.78, 5) is 37.5. The summed E-state index contributed by atoms with van der Waals surface area (Å²) in [7, 11) is 0. The molecule has 6 nitrogen and oxygen atoms in total. The first-order valence-electron chi connectivity index (χ1n) is 8.68. The first kappa shape index (κ1) is 18.1. The molecule has 0 amide bonds. The number of ether oxygens (including phenoxy) is 3. The zero-order valence-electron chi connectivity index (χ0n) is 15.7. The Morgan fingerprint density at radius 1 is 1.20 bits per heavy atom. The third-order valence-electron chi connectivity index (χ3n) is 6.17. The second-order valence-electron chi connectivity index (χ2n) is 8.96. The van der Waals surface area contributed by atoms with Crippen molar-refractivity contribution in [3.05, 3.63) is 12.2 Å². The minimum atomic E-state index is -1.34. The first-order valence-corrected chi connectivity index (χ1v) is 8.68. The molecule has 25 heavy (non-hydrogen) atoms. The van der Waals surface area contributed by atoms with E-state index in [4.69, 9.17) is 14.2 Å². The van der Waals surface area contributed by atoms with Gasteiger partial charge in [-0.15, -0.1) is 0 Å². The lowest BCUT2D eigenvalue weighted by molar-refractivity contribution is -0.193. The van der Waals surface area contributed by atoms with Crippen LogP contribution in [0.3, 0.4) is 0 Å². The summed E-state index contributed by atoms with van der Waals surface area (Å²) in [6, 6.07) is 0. The van der Waals surface area contributed by atoms with Gasteiger partial charge in [-0.25, -0.2) is 4.79 Å². The van der Waals surface area contributed by atoms with E-state index in [0.29, 0.717) is 12.8 Å². The summed E-state index contributed by atoms with van der Waals surface area (Å²) in [6.07, 6.45) is 2.26. The van der Waals surface area contributed by atoms with Gasteiger partial charge < -0.3 is 14.2 Å². The van der Waals surface area contributed by atoms with Crippen molar-refractivity contribution in [1.29, 1.82) is 0 Å². The topological polar surface area (TPSA) is 78.9 Å². The van der Waals surface area contributed by atoms with Gasteiger partial charge in [0.25, 0.3) is 0 Å². The van der Waals surface area contributed by atoms with Crippen molar-refractivity contribution in [2.75, 3.05) is 0 Å². The first-order chi connectivity index (χ1) is 11.3. The normalized spacial score (nSPS) is 39.0. The van der Waals surface area contributed by atoms with Crippen molar-refractivity contribution < 1.29 is 28.6 Å². The van der Waals surface area contributed by atoms with E-state index in [1.807, 2.05) is 41.5 Å². The molecule has 0 aromatic heterocycles. The Hall–Kier alpha value is -1.69. The predicted octanol–water partition coefficient (Wildman–Crippen LogP) is 2.34. The van der Waals surface area contributed by atoms with Gasteiger partial charge >= 0.3 is 11.9 Å². The highest BCUT2D eigenvalue weighted by Crippen LogP contribution is 2.65. The molecule has 1 saturated heterocycles. The minimum absolute atomic E-state index is 0.318. The van der Waals surface area contributed by atoms with Crippen LogP contribution in [0.25, 0.3) is 0 Å². The summed E-state index contributed by atoms with van der Waals surface area (Å²) in [5, 5.41) is 0. The van der Waals surface area contributed by atoms with Crippen LogP contribution in [0.5, 0.6) is 0 Å². The van der Waals surface area contributed by atoms with Crippen LogP contribution >= 0.6 is 0 Å². The van der Waals surface area contributed by atoms with E-state index in [2.05, 4.69) is 0 Å². The number of hydrogen-bond acceptors (Lipinski definition) is 6. The monoisotopic (exact) mass is 350 g/mol. The lowest BCUT2D eigenvalue weighted by Crippen LogP contribution is -2.51. The van der Waals surface area contributed by atoms with Crippen LogP contribution in [0.15, 0.2) is 12.2 Å². The number of hydrogen-bond donors (Lipinski definition) is 0. The predicted molar refractivity (Wildman–Crippen MR) is 88.6 cm³/mol. The van der Waals surface area contributed by atoms with Gasteiger partial charge in [-0.05, 0) is 52.7 Å². The fraction of sp³-hybridized carbons (Fsp3) is 0.737. The molecule has 0 aromatic rings. The van der Waals surface area contributed by atoms with Crippen LogP contribution in [0.1, 0.15) is 54.4 Å². The summed E-state index contributed by atoms with van der Waals surface area (Å²) in [5.74, 6) is -1.35. The molecule has 3 rings (SSSR count). The number of fused-ring (bicyclic) bond motifs is 2. The Labute approximate surface area is 147 Å². The van der Waals surface area contributed by atoms with E-state index in [1.54, 1.807) is 6.08 Å². The van der Waals surface area contributed by atoms with E-state index in [9.17, 15) is 14.4 Å². The minimum Gasteiger partial charge on any atom is -0.448 e. The number of carbonyl (C=O) groups excluding carboxylic acids is 3. The lowest BCUT2D eigenvalue weighted by atomic mass is 9.66. The van der Waals surface area contributed by atoms with Crippen LogP contribution < -0.4 is 0 Å². The molecule has 0 spiro atoms. The molecule has 2 bridgehead atoms. The summed E-state index contributed by atoms with van der Waals surface area (Å²) >= 11 is 0. The zero-order valence-corrected chi connectivity index (χ0v) is 15.7. The number of carbonyl (C=O) groups is 3. The summed E-state index contributed by atoms with van der Waals surface area (Å²) in [5.41, 5.74) is -3.25. The van der Waals surface area contributed by atoms with Crippen molar-refractivity contribution in [3.8, 4) is 0 Å². The highest BCUT2D eigenvalue weighted by atomic mass is 16.6. The molecule has 6 heteroatoms. The number of rotatable bonds is 3. The van der Waals surface area contributed by atoms with Crippen molar-refractivity contribution in [3.63, 3.8) is 0 Å². The van der Waals surface area contributed by atoms with Crippen molar-refractivity contribution in [2.24, 2.45) is 10.8 Å². The maximum absolute atomic E-state index is 13.0. The Morgan fingerprint density at radius 2 is 1.84 bits per heavy atom. The van der Waals surface area contributed by atoms with Gasteiger partial charge in [0.15, 0.2) is 11.9 Å². The molecular formula is C19H26O6. The van der Waals surface area contributed by atoms with Crippen LogP contribution in [0, 0.1) is 10.8 Å². The third-order valence-corrected chi connectivity index (χ3v) is 6.17. The van der Waals surface area contributed by atoms with Crippen molar-refractivity contribution in [1.82, 2.24) is 0 Å². The molecule has 4 atom stereocenters. The number of esters is 2. The molecule has 1 heterocycles. The van der Waals surface area contributed by atoms with Crippen LogP contribution in [0.2, 0.25) is 0 Å². The molecule has 0 aromatic carbocycles. The fourth-order valence-electron chi connectivity index (χ4n) is 4.09. The van der Waals surface area contributed by atoms with Crippen LogP contribution in [-0.4, -0.2) is 41.1 Å². The van der Waals surface area contributed by atoms with Gasteiger partial charge in [0.05, 0.1) is 11.0 Å². The molecule has 2 fully saturated rings. The fourth-order valence-corrected chi connectivity index (χ4v) is 4.09. The van der Waals surface area contributed by atoms with Gasteiger partial charge in [-0.1, -0.05) is 13.8 Å². The molecule has 0 unspecified atom stereocenters. The molecule has 3 aliphatic rings. The Morgan fingerprint density at radius 3 is 2.32 bits per heavy atom. The maximum Gasteiger partial charge on any atom is 0.352 e. The zero-order chi connectivity index (χ0) is 18.8. The van der Waals surface area contributed by atoms with Gasteiger partial charge in [0.2, 0.25) is 5.60 Å². The largest absolute Gasteiger partial charge is 0.448 e. The molecule has 0 N–H and O–H groups in total. The Bertz CT molecular complexity index is 670. The van der Waals surface area contributed by atoms with Gasteiger partial charge in [-0.2, -0.15) is 0 Å². The van der Waals surface area contributed by atoms with E-state index in [-0.39, 0.29) is 11.8 Å². The average Bonchev–Trinajstić information content (AvgIpc) is 2.95. The highest BCUT2D eigenvalue weighted by Gasteiger charge is 2.76. The van der Waals surface area contributed by atoms with Gasteiger partial charge in [-0.3, -0.25) is 9.59 Å². The molecule has 0 radical (unpaired) electrons. The molecule has 1 aliphatic heterocycles. The lowest BCUT2D eigenvalue weighted by Gasteiger charge is -2.36. The van der Waals surface area contributed by atoms with E-state index >= 15 is 0 Å². The van der Waals surface area contributed by atoms with E-state index in [0.717, 1.165) is 0 Å². The van der Waals surface area contributed by atoms with Crippen LogP contribution in [-0.2, 0) is 28.6 Å². The van der Waals surface area contributed by atoms with Crippen molar-refractivity contribution >= 4 is 17.7 Å².